The third-order valence-electron chi connectivity index (χ3n) is 4.21. The normalized spacial score (nSPS) is 17.2. The third kappa shape index (κ3) is 3.77. The van der Waals surface area contributed by atoms with Gasteiger partial charge in [0.25, 0.3) is 5.91 Å². The van der Waals surface area contributed by atoms with Crippen molar-refractivity contribution in [3.05, 3.63) is 64.7 Å². The number of amides is 2. The highest BCUT2D eigenvalue weighted by Gasteiger charge is 2.30. The molecule has 0 spiro atoms. The molecule has 5 heteroatoms. The maximum absolute atomic E-state index is 12.2. The van der Waals surface area contributed by atoms with Gasteiger partial charge in [-0.2, -0.15) is 0 Å². The van der Waals surface area contributed by atoms with Crippen LogP contribution in [0.2, 0.25) is 5.02 Å². The van der Waals surface area contributed by atoms with Crippen molar-refractivity contribution in [1.82, 2.24) is 5.32 Å². The van der Waals surface area contributed by atoms with E-state index in [1.165, 1.54) is 0 Å². The maximum atomic E-state index is 12.2. The Morgan fingerprint density at radius 1 is 1.17 bits per heavy atom. The molecule has 4 nitrogen and oxygen atoms in total. The van der Waals surface area contributed by atoms with Crippen LogP contribution in [0.25, 0.3) is 0 Å². The molecule has 1 N–H and O–H groups in total. The molecule has 2 amide bonds. The molecule has 1 atom stereocenters. The number of rotatable bonds is 4. The number of aryl methyl sites for hydroxylation is 1. The highest BCUT2D eigenvalue weighted by molar-refractivity contribution is 6.30. The van der Waals surface area contributed by atoms with Crippen molar-refractivity contribution in [2.75, 3.05) is 18.0 Å². The number of nitrogens with zero attached hydrogens (tertiary/aromatic N) is 1. The zero-order valence-electron chi connectivity index (χ0n) is 13.5. The Kier molecular flexibility index (Phi) is 4.86. The van der Waals surface area contributed by atoms with E-state index in [-0.39, 0.29) is 17.7 Å². The number of hydrogen-bond acceptors (Lipinski definition) is 2. The standard InChI is InChI=1S/C19H19ClN2O2/c1-13-2-4-15(5-3-13)19(24)21-11-14-10-18(23)22(12-14)17-8-6-16(20)7-9-17/h2-9,14H,10-12H2,1H3,(H,21,24). The Balaban J connectivity index is 1.57. The molecule has 0 radical (unpaired) electrons. The molecule has 1 heterocycles. The molecule has 3 rings (SSSR count). The molecule has 1 aliphatic heterocycles. The molecule has 0 aliphatic carbocycles. The van der Waals surface area contributed by atoms with Gasteiger partial charge in [0.15, 0.2) is 0 Å². The first-order valence-electron chi connectivity index (χ1n) is 7.94. The van der Waals surface area contributed by atoms with Gasteiger partial charge in [-0.25, -0.2) is 0 Å². The zero-order chi connectivity index (χ0) is 17.1. The molecule has 0 aromatic heterocycles. The number of carbonyl (C=O) groups is 2. The first-order chi connectivity index (χ1) is 11.5. The number of anilines is 1. The minimum atomic E-state index is -0.104. The van der Waals surface area contributed by atoms with Gasteiger partial charge >= 0.3 is 0 Å². The van der Waals surface area contributed by atoms with Gasteiger partial charge in [0, 0.05) is 41.7 Å². The molecule has 1 unspecified atom stereocenters. The van der Waals surface area contributed by atoms with Crippen LogP contribution < -0.4 is 10.2 Å². The van der Waals surface area contributed by atoms with E-state index in [9.17, 15) is 9.59 Å². The van der Waals surface area contributed by atoms with Crippen LogP contribution in [0.3, 0.4) is 0 Å². The van der Waals surface area contributed by atoms with E-state index < -0.39 is 0 Å². The summed E-state index contributed by atoms with van der Waals surface area (Å²) in [5, 5.41) is 3.57. The number of benzene rings is 2. The predicted molar refractivity (Wildman–Crippen MR) is 95.4 cm³/mol. The fourth-order valence-electron chi connectivity index (χ4n) is 2.83. The summed E-state index contributed by atoms with van der Waals surface area (Å²) in [4.78, 5) is 26.1. The van der Waals surface area contributed by atoms with Crippen molar-refractivity contribution in [1.29, 1.82) is 0 Å². The molecule has 1 fully saturated rings. The van der Waals surface area contributed by atoms with Crippen LogP contribution in [0.15, 0.2) is 48.5 Å². The Bertz CT molecular complexity index is 741. The van der Waals surface area contributed by atoms with Crippen molar-refractivity contribution in [2.24, 2.45) is 5.92 Å². The predicted octanol–water partition coefficient (Wildman–Crippen LogP) is 3.43. The fourth-order valence-corrected chi connectivity index (χ4v) is 2.96. The first kappa shape index (κ1) is 16.5. The minimum absolute atomic E-state index is 0.0758. The van der Waals surface area contributed by atoms with E-state index in [1.807, 2.05) is 43.3 Å². The van der Waals surface area contributed by atoms with Gasteiger partial charge in [0.1, 0.15) is 0 Å². The van der Waals surface area contributed by atoms with Gasteiger partial charge in [-0.1, -0.05) is 29.3 Å². The van der Waals surface area contributed by atoms with Crippen LogP contribution in [-0.2, 0) is 4.79 Å². The molecule has 2 aromatic rings. The van der Waals surface area contributed by atoms with Gasteiger partial charge in [-0.15, -0.1) is 0 Å². The number of hydrogen-bond donors (Lipinski definition) is 1. The Morgan fingerprint density at radius 2 is 1.83 bits per heavy atom. The summed E-state index contributed by atoms with van der Waals surface area (Å²) < 4.78 is 0. The van der Waals surface area contributed by atoms with Crippen LogP contribution in [0, 0.1) is 12.8 Å². The van der Waals surface area contributed by atoms with E-state index >= 15 is 0 Å². The molecule has 0 bridgehead atoms. The average molecular weight is 343 g/mol. The number of halogens is 1. The van der Waals surface area contributed by atoms with Gasteiger partial charge < -0.3 is 10.2 Å². The van der Waals surface area contributed by atoms with Crippen LogP contribution in [-0.4, -0.2) is 24.9 Å². The Morgan fingerprint density at radius 3 is 2.50 bits per heavy atom. The summed E-state index contributed by atoms with van der Waals surface area (Å²) in [5.74, 6) is 0.0851. The lowest BCUT2D eigenvalue weighted by Gasteiger charge is -2.17. The molecule has 0 saturated carbocycles. The zero-order valence-corrected chi connectivity index (χ0v) is 14.2. The quantitative estimate of drug-likeness (QED) is 0.925. The monoisotopic (exact) mass is 342 g/mol. The van der Waals surface area contributed by atoms with Crippen molar-refractivity contribution in [2.45, 2.75) is 13.3 Å². The molecule has 2 aromatic carbocycles. The Labute approximate surface area is 146 Å². The lowest BCUT2D eigenvalue weighted by atomic mass is 10.1. The molecule has 24 heavy (non-hydrogen) atoms. The Hall–Kier alpha value is -2.33. The molecular weight excluding hydrogens is 324 g/mol. The average Bonchev–Trinajstić information content (AvgIpc) is 2.95. The summed E-state index contributed by atoms with van der Waals surface area (Å²) in [6, 6.07) is 14.7. The van der Waals surface area contributed by atoms with Gasteiger partial charge in [-0.3, -0.25) is 9.59 Å². The van der Waals surface area contributed by atoms with E-state index in [0.717, 1.165) is 11.3 Å². The third-order valence-corrected chi connectivity index (χ3v) is 4.46. The smallest absolute Gasteiger partial charge is 0.251 e. The minimum Gasteiger partial charge on any atom is -0.352 e. The van der Waals surface area contributed by atoms with E-state index in [4.69, 9.17) is 11.6 Å². The topological polar surface area (TPSA) is 49.4 Å². The summed E-state index contributed by atoms with van der Waals surface area (Å²) in [5.41, 5.74) is 2.60. The molecule has 1 aliphatic rings. The van der Waals surface area contributed by atoms with Crippen molar-refractivity contribution >= 4 is 29.1 Å². The van der Waals surface area contributed by atoms with E-state index in [1.54, 1.807) is 17.0 Å². The summed E-state index contributed by atoms with van der Waals surface area (Å²) >= 11 is 5.89. The summed E-state index contributed by atoms with van der Waals surface area (Å²) in [6.45, 7) is 3.08. The second-order valence-corrected chi connectivity index (χ2v) is 6.56. The van der Waals surface area contributed by atoms with Gasteiger partial charge in [0.2, 0.25) is 5.91 Å². The lowest BCUT2D eigenvalue weighted by molar-refractivity contribution is -0.117. The van der Waals surface area contributed by atoms with Gasteiger partial charge in [-0.05, 0) is 43.3 Å². The van der Waals surface area contributed by atoms with E-state index in [2.05, 4.69) is 5.32 Å². The second-order valence-electron chi connectivity index (χ2n) is 6.13. The summed E-state index contributed by atoms with van der Waals surface area (Å²) in [7, 11) is 0. The molecule has 1 saturated heterocycles. The van der Waals surface area contributed by atoms with Crippen LogP contribution in [0.4, 0.5) is 5.69 Å². The van der Waals surface area contributed by atoms with Crippen molar-refractivity contribution < 1.29 is 9.59 Å². The lowest BCUT2D eigenvalue weighted by Crippen LogP contribution is -2.31. The largest absolute Gasteiger partial charge is 0.352 e. The van der Waals surface area contributed by atoms with Crippen LogP contribution in [0.1, 0.15) is 22.3 Å². The maximum Gasteiger partial charge on any atom is 0.251 e. The van der Waals surface area contributed by atoms with Crippen LogP contribution in [0.5, 0.6) is 0 Å². The second kappa shape index (κ2) is 7.05. The summed E-state index contributed by atoms with van der Waals surface area (Å²) in [6.07, 6.45) is 0.441. The molecular formula is C19H19ClN2O2. The van der Waals surface area contributed by atoms with Crippen molar-refractivity contribution in [3.8, 4) is 0 Å². The number of carbonyl (C=O) groups excluding carboxylic acids is 2. The SMILES string of the molecule is Cc1ccc(C(=O)NCC2CC(=O)N(c3ccc(Cl)cc3)C2)cc1. The highest BCUT2D eigenvalue weighted by atomic mass is 35.5. The number of nitrogens with one attached hydrogen (secondary N) is 1. The highest BCUT2D eigenvalue weighted by Crippen LogP contribution is 2.26. The van der Waals surface area contributed by atoms with Crippen molar-refractivity contribution in [3.63, 3.8) is 0 Å². The molecule has 124 valence electrons. The van der Waals surface area contributed by atoms with Gasteiger partial charge in [0.05, 0.1) is 0 Å². The fraction of sp³-hybridized carbons (Fsp3) is 0.263. The van der Waals surface area contributed by atoms with Crippen LogP contribution >= 0.6 is 11.6 Å². The van der Waals surface area contributed by atoms with E-state index in [0.29, 0.717) is 30.1 Å². The first-order valence-corrected chi connectivity index (χ1v) is 8.31.